The predicted molar refractivity (Wildman–Crippen MR) is 85.0 cm³/mol. The summed E-state index contributed by atoms with van der Waals surface area (Å²) in [6.45, 7) is 0. The van der Waals surface area contributed by atoms with Crippen LogP contribution in [0.4, 0.5) is 10.2 Å². The first-order chi connectivity index (χ1) is 11.2. The molecule has 1 heterocycles. The average molecular weight is 308 g/mol. The van der Waals surface area contributed by atoms with Gasteiger partial charge < -0.3 is 0 Å². The van der Waals surface area contributed by atoms with Gasteiger partial charge >= 0.3 is 0 Å². The van der Waals surface area contributed by atoms with E-state index < -0.39 is 5.82 Å². The molecule has 3 aromatic rings. The van der Waals surface area contributed by atoms with Crippen molar-refractivity contribution in [2.24, 2.45) is 0 Å². The Morgan fingerprint density at radius 1 is 0.870 bits per heavy atom. The zero-order valence-electron chi connectivity index (χ0n) is 12.0. The van der Waals surface area contributed by atoms with E-state index in [4.69, 9.17) is 0 Å². The lowest BCUT2D eigenvalue weighted by Gasteiger charge is -2.07. The number of hydrogen-bond acceptors (Lipinski definition) is 4. The third-order valence-corrected chi connectivity index (χ3v) is 3.14. The number of aromatic nitrogens is 2. The molecule has 0 radical (unpaired) electrons. The quantitative estimate of drug-likeness (QED) is 0.727. The van der Waals surface area contributed by atoms with E-state index in [-0.39, 0.29) is 5.91 Å². The fourth-order valence-electron chi connectivity index (χ4n) is 1.96. The molecular formula is C17H13FN4O. The lowest BCUT2D eigenvalue weighted by Crippen LogP contribution is -2.29. The van der Waals surface area contributed by atoms with Gasteiger partial charge in [0, 0.05) is 11.1 Å². The number of carbonyl (C=O) groups excluding carboxylic acids is 1. The minimum absolute atomic E-state index is 0.341. The standard InChI is InChI=1S/C17H13FN4O/c18-14-8-6-13(7-9-14)17(23)22-21-16-11-10-15(19-20-16)12-4-2-1-3-5-12/h1-11H,(H,20,21)(H,22,23). The van der Waals surface area contributed by atoms with Gasteiger partial charge in [-0.15, -0.1) is 10.2 Å². The Kier molecular flexibility index (Phi) is 4.24. The van der Waals surface area contributed by atoms with Gasteiger partial charge in [-0.1, -0.05) is 30.3 Å². The van der Waals surface area contributed by atoms with Crippen molar-refractivity contribution < 1.29 is 9.18 Å². The van der Waals surface area contributed by atoms with Crippen molar-refractivity contribution in [1.82, 2.24) is 15.6 Å². The topological polar surface area (TPSA) is 66.9 Å². The Bertz CT molecular complexity index is 789. The minimum atomic E-state index is -0.392. The highest BCUT2D eigenvalue weighted by atomic mass is 19.1. The van der Waals surface area contributed by atoms with Gasteiger partial charge in [0.05, 0.1) is 5.69 Å². The fraction of sp³-hybridized carbons (Fsp3) is 0. The molecule has 6 heteroatoms. The highest BCUT2D eigenvalue weighted by Crippen LogP contribution is 2.15. The van der Waals surface area contributed by atoms with E-state index in [0.29, 0.717) is 11.4 Å². The van der Waals surface area contributed by atoms with E-state index >= 15 is 0 Å². The Morgan fingerprint density at radius 3 is 2.26 bits per heavy atom. The zero-order valence-corrected chi connectivity index (χ0v) is 12.0. The first kappa shape index (κ1) is 14.6. The van der Waals surface area contributed by atoms with Crippen LogP contribution in [0, 0.1) is 5.82 Å². The molecule has 0 spiro atoms. The number of rotatable bonds is 4. The van der Waals surface area contributed by atoms with Gasteiger partial charge in [0.2, 0.25) is 0 Å². The molecule has 0 saturated carbocycles. The van der Waals surface area contributed by atoms with Crippen LogP contribution < -0.4 is 10.9 Å². The average Bonchev–Trinajstić information content (AvgIpc) is 2.61. The molecule has 0 saturated heterocycles. The van der Waals surface area contributed by atoms with Crippen molar-refractivity contribution in [3.63, 3.8) is 0 Å². The molecule has 0 bridgehead atoms. The molecule has 0 atom stereocenters. The maximum atomic E-state index is 12.8. The molecule has 0 aliphatic rings. The molecule has 2 aromatic carbocycles. The van der Waals surface area contributed by atoms with Gasteiger partial charge in [0.1, 0.15) is 5.82 Å². The molecule has 0 aliphatic heterocycles. The summed E-state index contributed by atoms with van der Waals surface area (Å²) in [5, 5.41) is 8.10. The lowest BCUT2D eigenvalue weighted by atomic mass is 10.1. The first-order valence-electron chi connectivity index (χ1n) is 6.93. The number of carbonyl (C=O) groups is 1. The molecule has 114 valence electrons. The van der Waals surface area contributed by atoms with Crippen LogP contribution in [0.3, 0.4) is 0 Å². The molecular weight excluding hydrogens is 295 g/mol. The number of benzene rings is 2. The lowest BCUT2D eigenvalue weighted by molar-refractivity contribution is 0.0962. The number of hydrazine groups is 1. The summed E-state index contributed by atoms with van der Waals surface area (Å²) in [4.78, 5) is 11.9. The number of halogens is 1. The summed E-state index contributed by atoms with van der Waals surface area (Å²) in [6.07, 6.45) is 0. The molecule has 23 heavy (non-hydrogen) atoms. The monoisotopic (exact) mass is 308 g/mol. The summed E-state index contributed by atoms with van der Waals surface area (Å²) in [6, 6.07) is 18.4. The molecule has 0 aliphatic carbocycles. The van der Waals surface area contributed by atoms with Crippen LogP contribution in [0.25, 0.3) is 11.3 Å². The summed E-state index contributed by atoms with van der Waals surface area (Å²) in [5.41, 5.74) is 7.19. The van der Waals surface area contributed by atoms with Crippen molar-refractivity contribution in [2.45, 2.75) is 0 Å². The zero-order chi connectivity index (χ0) is 16.1. The second-order valence-corrected chi connectivity index (χ2v) is 4.76. The van der Waals surface area contributed by atoms with E-state index in [1.807, 2.05) is 30.3 Å². The third-order valence-electron chi connectivity index (χ3n) is 3.14. The van der Waals surface area contributed by atoms with Crippen LogP contribution in [0.15, 0.2) is 66.7 Å². The van der Waals surface area contributed by atoms with E-state index in [1.165, 1.54) is 24.3 Å². The maximum Gasteiger partial charge on any atom is 0.269 e. The molecule has 2 N–H and O–H groups in total. The van der Waals surface area contributed by atoms with Gasteiger partial charge in [0.15, 0.2) is 5.82 Å². The molecule has 0 unspecified atom stereocenters. The second-order valence-electron chi connectivity index (χ2n) is 4.76. The van der Waals surface area contributed by atoms with Crippen LogP contribution in [-0.2, 0) is 0 Å². The normalized spacial score (nSPS) is 10.1. The van der Waals surface area contributed by atoms with Crippen LogP contribution in [0.5, 0.6) is 0 Å². The Labute approximate surface area is 132 Å². The molecule has 1 aromatic heterocycles. The molecule has 1 amide bonds. The molecule has 3 rings (SSSR count). The van der Waals surface area contributed by atoms with Gasteiger partial charge in [-0.3, -0.25) is 15.6 Å². The summed E-state index contributed by atoms with van der Waals surface area (Å²) >= 11 is 0. The van der Waals surface area contributed by atoms with Crippen LogP contribution >= 0.6 is 0 Å². The van der Waals surface area contributed by atoms with E-state index in [9.17, 15) is 9.18 Å². The summed E-state index contributed by atoms with van der Waals surface area (Å²) in [7, 11) is 0. The minimum Gasteiger partial charge on any atom is -0.280 e. The number of anilines is 1. The van der Waals surface area contributed by atoms with Crippen molar-refractivity contribution in [3.05, 3.63) is 78.1 Å². The second kappa shape index (κ2) is 6.65. The first-order valence-corrected chi connectivity index (χ1v) is 6.93. The van der Waals surface area contributed by atoms with Crippen LogP contribution in [0.1, 0.15) is 10.4 Å². The Morgan fingerprint density at radius 2 is 1.61 bits per heavy atom. The van der Waals surface area contributed by atoms with Crippen molar-refractivity contribution in [3.8, 4) is 11.3 Å². The fourth-order valence-corrected chi connectivity index (χ4v) is 1.96. The highest BCUT2D eigenvalue weighted by Gasteiger charge is 2.06. The number of hydrogen-bond donors (Lipinski definition) is 2. The smallest absolute Gasteiger partial charge is 0.269 e. The number of nitrogens with zero attached hydrogens (tertiary/aromatic N) is 2. The van der Waals surface area contributed by atoms with E-state index in [1.54, 1.807) is 12.1 Å². The number of amides is 1. The van der Waals surface area contributed by atoms with Gasteiger partial charge in [-0.25, -0.2) is 4.39 Å². The predicted octanol–water partition coefficient (Wildman–Crippen LogP) is 3.04. The van der Waals surface area contributed by atoms with Crippen molar-refractivity contribution in [2.75, 3.05) is 5.43 Å². The third kappa shape index (κ3) is 3.68. The van der Waals surface area contributed by atoms with Gasteiger partial charge in [-0.05, 0) is 36.4 Å². The molecule has 5 nitrogen and oxygen atoms in total. The highest BCUT2D eigenvalue weighted by molar-refractivity contribution is 5.94. The van der Waals surface area contributed by atoms with Crippen molar-refractivity contribution >= 4 is 11.7 Å². The Hall–Kier alpha value is -3.28. The largest absolute Gasteiger partial charge is 0.280 e. The van der Waals surface area contributed by atoms with Crippen molar-refractivity contribution in [1.29, 1.82) is 0 Å². The Balaban J connectivity index is 1.62. The van der Waals surface area contributed by atoms with E-state index in [2.05, 4.69) is 21.0 Å². The van der Waals surface area contributed by atoms with Crippen LogP contribution in [-0.4, -0.2) is 16.1 Å². The summed E-state index contributed by atoms with van der Waals surface area (Å²) < 4.78 is 12.8. The van der Waals surface area contributed by atoms with E-state index in [0.717, 1.165) is 11.3 Å². The van der Waals surface area contributed by atoms with Gasteiger partial charge in [0.25, 0.3) is 5.91 Å². The number of nitrogens with one attached hydrogen (secondary N) is 2. The summed E-state index contributed by atoms with van der Waals surface area (Å²) in [5.74, 6) is -0.379. The van der Waals surface area contributed by atoms with Gasteiger partial charge in [-0.2, -0.15) is 0 Å². The maximum absolute atomic E-state index is 12.8. The SMILES string of the molecule is O=C(NNc1ccc(-c2ccccc2)nn1)c1ccc(F)cc1. The van der Waals surface area contributed by atoms with Crippen LogP contribution in [0.2, 0.25) is 0 Å². The molecule has 0 fully saturated rings.